The highest BCUT2D eigenvalue weighted by atomic mass is 16.3. The summed E-state index contributed by atoms with van der Waals surface area (Å²) < 4.78 is 0. The molecule has 164 valence electrons. The van der Waals surface area contributed by atoms with E-state index in [1.807, 2.05) is 43.3 Å². The molecule has 6 N–H and O–H groups in total. The van der Waals surface area contributed by atoms with Crippen LogP contribution in [0.25, 0.3) is 6.08 Å². The first-order valence-corrected chi connectivity index (χ1v) is 10.8. The van der Waals surface area contributed by atoms with E-state index in [2.05, 4.69) is 31.7 Å². The van der Waals surface area contributed by atoms with Crippen molar-refractivity contribution in [2.24, 2.45) is 0 Å². The number of nitrogens with zero attached hydrogens (tertiary/aromatic N) is 3. The molecule has 2 aliphatic rings. The summed E-state index contributed by atoms with van der Waals surface area (Å²) in [6, 6.07) is 11.9. The van der Waals surface area contributed by atoms with Gasteiger partial charge >= 0.3 is 0 Å². The maximum Gasteiger partial charge on any atom is 0.233 e. The van der Waals surface area contributed by atoms with Crippen LogP contribution in [0.1, 0.15) is 41.5 Å². The standard InChI is InChI=1S/C24H26N6O2/c1-13-20(32)11-9-15-5-3-7-19(21(13)15)27-24-29-22(25)28-23(30-24)26-18-6-2-4-14-8-10-16(31)12-17(14)18/h2-7,9,11,13,16,20,31-32H,8,10,12H2,1H3,(H4,25,26,27,28,29,30). The Morgan fingerprint density at radius 3 is 2.50 bits per heavy atom. The van der Waals surface area contributed by atoms with Crippen LogP contribution in [0.2, 0.25) is 0 Å². The first-order valence-electron chi connectivity index (χ1n) is 10.8. The Morgan fingerprint density at radius 2 is 1.69 bits per heavy atom. The quantitative estimate of drug-likeness (QED) is 0.426. The fraction of sp³-hybridized carbons (Fsp3) is 0.292. The van der Waals surface area contributed by atoms with E-state index in [9.17, 15) is 10.2 Å². The van der Waals surface area contributed by atoms with E-state index in [1.54, 1.807) is 6.08 Å². The second-order valence-corrected chi connectivity index (χ2v) is 8.38. The Bertz CT molecular complexity index is 1200. The molecule has 0 saturated carbocycles. The molecule has 0 amide bonds. The lowest BCUT2D eigenvalue weighted by atomic mass is 9.85. The molecule has 2 aromatic carbocycles. The number of aryl methyl sites for hydroxylation is 1. The van der Waals surface area contributed by atoms with Crippen molar-refractivity contribution in [3.05, 3.63) is 64.7 Å². The molecule has 3 unspecified atom stereocenters. The maximum absolute atomic E-state index is 10.3. The highest BCUT2D eigenvalue weighted by Gasteiger charge is 2.24. The number of rotatable bonds is 4. The van der Waals surface area contributed by atoms with Gasteiger partial charge in [-0.25, -0.2) is 0 Å². The third-order valence-electron chi connectivity index (χ3n) is 6.19. The average Bonchev–Trinajstić information content (AvgIpc) is 2.76. The Balaban J connectivity index is 1.45. The average molecular weight is 431 g/mol. The van der Waals surface area contributed by atoms with Crippen LogP contribution >= 0.6 is 0 Å². The minimum atomic E-state index is -0.550. The normalized spacial score (nSPS) is 21.5. The van der Waals surface area contributed by atoms with Crippen molar-refractivity contribution in [3.8, 4) is 0 Å². The van der Waals surface area contributed by atoms with Crippen molar-refractivity contribution < 1.29 is 10.2 Å². The highest BCUT2D eigenvalue weighted by molar-refractivity contribution is 5.71. The number of nitrogens with two attached hydrogens (primary N) is 1. The SMILES string of the molecule is CC1c2c(cccc2Nc2nc(N)nc(Nc3cccc4c3CC(O)CC4)n2)C=CC1O. The Morgan fingerprint density at radius 1 is 0.969 bits per heavy atom. The zero-order valence-corrected chi connectivity index (χ0v) is 17.8. The van der Waals surface area contributed by atoms with Crippen LogP contribution in [0.5, 0.6) is 0 Å². The summed E-state index contributed by atoms with van der Waals surface area (Å²) in [6.07, 6.45) is 5.04. The number of aliphatic hydroxyl groups is 2. The zero-order valence-electron chi connectivity index (χ0n) is 17.8. The second-order valence-electron chi connectivity index (χ2n) is 8.38. The number of nitrogen functional groups attached to an aromatic ring is 1. The Kier molecular flexibility index (Phi) is 5.24. The van der Waals surface area contributed by atoms with E-state index in [-0.39, 0.29) is 18.0 Å². The van der Waals surface area contributed by atoms with Gasteiger partial charge < -0.3 is 26.6 Å². The van der Waals surface area contributed by atoms with Gasteiger partial charge in [-0.3, -0.25) is 0 Å². The van der Waals surface area contributed by atoms with Gasteiger partial charge in [-0.05, 0) is 47.2 Å². The van der Waals surface area contributed by atoms with Crippen LogP contribution in [0, 0.1) is 0 Å². The summed E-state index contributed by atoms with van der Waals surface area (Å²) in [5.41, 5.74) is 12.0. The highest BCUT2D eigenvalue weighted by Crippen LogP contribution is 2.36. The van der Waals surface area contributed by atoms with Crippen molar-refractivity contribution >= 4 is 35.3 Å². The molecule has 0 radical (unpaired) electrons. The number of aromatic nitrogens is 3. The number of nitrogens with one attached hydrogen (secondary N) is 2. The van der Waals surface area contributed by atoms with Gasteiger partial charge in [-0.15, -0.1) is 0 Å². The predicted molar refractivity (Wildman–Crippen MR) is 125 cm³/mol. The first kappa shape index (κ1) is 20.4. The summed E-state index contributed by atoms with van der Waals surface area (Å²) in [5, 5.41) is 26.9. The number of hydrogen-bond donors (Lipinski definition) is 5. The first-order chi connectivity index (χ1) is 15.5. The topological polar surface area (TPSA) is 129 Å². The largest absolute Gasteiger partial charge is 0.393 e. The number of hydrogen-bond acceptors (Lipinski definition) is 8. The molecule has 32 heavy (non-hydrogen) atoms. The summed E-state index contributed by atoms with van der Waals surface area (Å²) in [6.45, 7) is 1.99. The van der Waals surface area contributed by atoms with Crippen molar-refractivity contribution in [1.82, 2.24) is 15.0 Å². The van der Waals surface area contributed by atoms with Gasteiger partial charge in [-0.1, -0.05) is 43.3 Å². The van der Waals surface area contributed by atoms with E-state index >= 15 is 0 Å². The third-order valence-corrected chi connectivity index (χ3v) is 6.19. The predicted octanol–water partition coefficient (Wildman–Crippen LogP) is 3.28. The Hall–Kier alpha value is -3.49. The van der Waals surface area contributed by atoms with E-state index in [0.717, 1.165) is 40.9 Å². The molecule has 1 aromatic heterocycles. The molecule has 2 aliphatic carbocycles. The molecule has 8 nitrogen and oxygen atoms in total. The molecule has 1 heterocycles. The number of anilines is 5. The summed E-state index contributed by atoms with van der Waals surface area (Å²) in [4.78, 5) is 13.0. The van der Waals surface area contributed by atoms with E-state index in [4.69, 9.17) is 5.73 Å². The molecule has 0 fully saturated rings. The van der Waals surface area contributed by atoms with Crippen LogP contribution < -0.4 is 16.4 Å². The van der Waals surface area contributed by atoms with E-state index in [1.165, 1.54) is 5.56 Å². The molecule has 3 aromatic rings. The zero-order chi connectivity index (χ0) is 22.2. The molecular formula is C24H26N6O2. The monoisotopic (exact) mass is 430 g/mol. The third kappa shape index (κ3) is 3.90. The number of fused-ring (bicyclic) bond motifs is 2. The summed E-state index contributed by atoms with van der Waals surface area (Å²) in [5.74, 6) is 0.658. The van der Waals surface area contributed by atoms with Crippen LogP contribution in [-0.4, -0.2) is 37.4 Å². The van der Waals surface area contributed by atoms with Gasteiger partial charge in [0.1, 0.15) is 0 Å². The lowest BCUT2D eigenvalue weighted by Gasteiger charge is -2.26. The lowest BCUT2D eigenvalue weighted by molar-refractivity contribution is 0.159. The van der Waals surface area contributed by atoms with Crippen molar-refractivity contribution in [1.29, 1.82) is 0 Å². The minimum Gasteiger partial charge on any atom is -0.393 e. The molecule has 0 bridgehead atoms. The molecule has 5 rings (SSSR count). The van der Waals surface area contributed by atoms with Gasteiger partial charge in [0.15, 0.2) is 0 Å². The molecule has 0 aliphatic heterocycles. The maximum atomic E-state index is 10.3. The smallest absolute Gasteiger partial charge is 0.233 e. The summed E-state index contributed by atoms with van der Waals surface area (Å²) in [7, 11) is 0. The van der Waals surface area contributed by atoms with Crippen LogP contribution in [-0.2, 0) is 12.8 Å². The fourth-order valence-electron chi connectivity index (χ4n) is 4.52. The molecule has 0 saturated heterocycles. The molecule has 3 atom stereocenters. The molecule has 8 heteroatoms. The molecule has 0 spiro atoms. The van der Waals surface area contributed by atoms with Crippen molar-refractivity contribution in [2.45, 2.75) is 44.3 Å². The lowest BCUT2D eigenvalue weighted by Crippen LogP contribution is -2.20. The number of benzene rings is 2. The van der Waals surface area contributed by atoms with Gasteiger partial charge in [-0.2, -0.15) is 15.0 Å². The van der Waals surface area contributed by atoms with Crippen LogP contribution in [0.3, 0.4) is 0 Å². The van der Waals surface area contributed by atoms with E-state index < -0.39 is 6.10 Å². The van der Waals surface area contributed by atoms with Gasteiger partial charge in [0.2, 0.25) is 17.8 Å². The van der Waals surface area contributed by atoms with Crippen LogP contribution in [0.15, 0.2) is 42.5 Å². The van der Waals surface area contributed by atoms with Gasteiger partial charge in [0.05, 0.1) is 12.2 Å². The second kappa shape index (κ2) is 8.22. The van der Waals surface area contributed by atoms with Crippen molar-refractivity contribution in [2.75, 3.05) is 16.4 Å². The van der Waals surface area contributed by atoms with Crippen molar-refractivity contribution in [3.63, 3.8) is 0 Å². The summed E-state index contributed by atoms with van der Waals surface area (Å²) >= 11 is 0. The van der Waals surface area contributed by atoms with E-state index in [0.29, 0.717) is 18.3 Å². The fourth-order valence-corrected chi connectivity index (χ4v) is 4.52. The van der Waals surface area contributed by atoms with Gasteiger partial charge in [0, 0.05) is 23.7 Å². The number of aliphatic hydroxyl groups excluding tert-OH is 2. The minimum absolute atomic E-state index is 0.0715. The Labute approximate surface area is 186 Å². The van der Waals surface area contributed by atoms with Crippen LogP contribution in [0.4, 0.5) is 29.2 Å². The van der Waals surface area contributed by atoms with Gasteiger partial charge in [0.25, 0.3) is 0 Å². The molecular weight excluding hydrogens is 404 g/mol.